The molecule has 1 fully saturated rings. The molecule has 0 radical (unpaired) electrons. The summed E-state index contributed by atoms with van der Waals surface area (Å²) in [5, 5.41) is 7.23. The first-order chi connectivity index (χ1) is 12.2. The quantitative estimate of drug-likeness (QED) is 0.797. The predicted octanol–water partition coefficient (Wildman–Crippen LogP) is 2.13. The summed E-state index contributed by atoms with van der Waals surface area (Å²) in [4.78, 5) is 12.1. The third-order valence-corrected chi connectivity index (χ3v) is 4.27. The molecule has 6 nitrogen and oxygen atoms in total. The Morgan fingerprint density at radius 3 is 3.00 bits per heavy atom. The number of hydrogen-bond acceptors (Lipinski definition) is 4. The molecule has 1 amide bonds. The molecule has 0 saturated carbocycles. The summed E-state index contributed by atoms with van der Waals surface area (Å²) in [5.74, 6) is -0.117. The molecule has 1 aromatic carbocycles. The van der Waals surface area contributed by atoms with Crippen molar-refractivity contribution in [1.82, 2.24) is 15.1 Å². The minimum absolute atomic E-state index is 0.117. The van der Waals surface area contributed by atoms with Crippen LogP contribution >= 0.6 is 0 Å². The van der Waals surface area contributed by atoms with Crippen LogP contribution in [0.2, 0.25) is 0 Å². The zero-order chi connectivity index (χ0) is 17.5. The molecule has 134 valence electrons. The molecule has 0 spiro atoms. The molecular weight excluding hydrogens is 318 g/mol. The highest BCUT2D eigenvalue weighted by Gasteiger charge is 2.19. The summed E-state index contributed by atoms with van der Waals surface area (Å²) < 4.78 is 13.0. The van der Waals surface area contributed by atoms with E-state index in [4.69, 9.17) is 9.47 Å². The molecule has 1 aliphatic heterocycles. The molecule has 1 aromatic heterocycles. The third-order valence-electron chi connectivity index (χ3n) is 4.27. The van der Waals surface area contributed by atoms with E-state index in [0.29, 0.717) is 13.2 Å². The smallest absolute Gasteiger partial charge is 0.249 e. The molecule has 3 rings (SSSR count). The van der Waals surface area contributed by atoms with Crippen LogP contribution < -0.4 is 5.32 Å². The first-order valence-corrected chi connectivity index (χ1v) is 8.77. The predicted molar refractivity (Wildman–Crippen MR) is 94.0 cm³/mol. The number of nitrogens with one attached hydrogen (secondary N) is 1. The van der Waals surface area contributed by atoms with Crippen LogP contribution in [0.15, 0.2) is 42.7 Å². The largest absolute Gasteiger partial charge is 0.376 e. The SMILES string of the molecule is C[C@@H](OC[C@H]1CCCO1)C(=O)NCc1cnn(Cc2ccccc2)c1. The van der Waals surface area contributed by atoms with Crippen LogP contribution in [-0.4, -0.2) is 41.1 Å². The standard InChI is InChI=1S/C19H25N3O3/c1-15(25-14-18-8-5-9-24-18)19(23)20-10-17-11-21-22(13-17)12-16-6-3-2-4-7-16/h2-4,6-7,11,13,15,18H,5,8-10,12,14H2,1H3,(H,20,23)/t15-,18-/m1/s1. The Morgan fingerprint density at radius 1 is 1.40 bits per heavy atom. The lowest BCUT2D eigenvalue weighted by Gasteiger charge is -2.15. The van der Waals surface area contributed by atoms with Crippen molar-refractivity contribution in [1.29, 1.82) is 0 Å². The second-order valence-electron chi connectivity index (χ2n) is 6.36. The highest BCUT2D eigenvalue weighted by molar-refractivity contribution is 5.80. The van der Waals surface area contributed by atoms with E-state index < -0.39 is 6.10 Å². The van der Waals surface area contributed by atoms with Crippen LogP contribution in [0.5, 0.6) is 0 Å². The molecular formula is C19H25N3O3. The first-order valence-electron chi connectivity index (χ1n) is 8.77. The van der Waals surface area contributed by atoms with Gasteiger partial charge < -0.3 is 14.8 Å². The lowest BCUT2D eigenvalue weighted by molar-refractivity contribution is -0.133. The molecule has 0 bridgehead atoms. The summed E-state index contributed by atoms with van der Waals surface area (Å²) in [7, 11) is 0. The molecule has 2 atom stereocenters. The number of hydrogen-bond donors (Lipinski definition) is 1. The van der Waals surface area contributed by atoms with Gasteiger partial charge in [0, 0.05) is 24.9 Å². The monoisotopic (exact) mass is 343 g/mol. The molecule has 1 saturated heterocycles. The van der Waals surface area contributed by atoms with E-state index in [-0.39, 0.29) is 12.0 Å². The van der Waals surface area contributed by atoms with Gasteiger partial charge in [-0.25, -0.2) is 0 Å². The van der Waals surface area contributed by atoms with Gasteiger partial charge in [0.15, 0.2) is 0 Å². The van der Waals surface area contributed by atoms with Crippen LogP contribution in [0.3, 0.4) is 0 Å². The second kappa shape index (κ2) is 8.78. The van der Waals surface area contributed by atoms with Gasteiger partial charge in [-0.3, -0.25) is 9.48 Å². The maximum Gasteiger partial charge on any atom is 0.249 e. The maximum absolute atomic E-state index is 12.1. The number of amides is 1. The van der Waals surface area contributed by atoms with Crippen LogP contribution in [0, 0.1) is 0 Å². The van der Waals surface area contributed by atoms with Crippen molar-refractivity contribution in [3.63, 3.8) is 0 Å². The Bertz CT molecular complexity index is 666. The minimum Gasteiger partial charge on any atom is -0.376 e. The van der Waals surface area contributed by atoms with Gasteiger partial charge in [0.1, 0.15) is 6.10 Å². The summed E-state index contributed by atoms with van der Waals surface area (Å²) in [6, 6.07) is 10.2. The number of nitrogens with zero attached hydrogens (tertiary/aromatic N) is 2. The number of aromatic nitrogens is 2. The Labute approximate surface area is 148 Å². The molecule has 0 unspecified atom stereocenters. The van der Waals surface area contributed by atoms with Crippen molar-refractivity contribution in [3.8, 4) is 0 Å². The fraction of sp³-hybridized carbons (Fsp3) is 0.474. The fourth-order valence-corrected chi connectivity index (χ4v) is 2.79. The Hall–Kier alpha value is -2.18. The van der Waals surface area contributed by atoms with Crippen LogP contribution in [0.25, 0.3) is 0 Å². The van der Waals surface area contributed by atoms with Gasteiger partial charge in [0.25, 0.3) is 0 Å². The maximum atomic E-state index is 12.1. The van der Waals surface area contributed by atoms with Crippen molar-refractivity contribution >= 4 is 5.91 Å². The van der Waals surface area contributed by atoms with E-state index in [1.807, 2.05) is 29.1 Å². The van der Waals surface area contributed by atoms with Crippen LogP contribution in [0.4, 0.5) is 0 Å². The topological polar surface area (TPSA) is 65.4 Å². The van der Waals surface area contributed by atoms with E-state index in [9.17, 15) is 4.79 Å². The molecule has 0 aliphatic carbocycles. The Kier molecular flexibility index (Phi) is 6.19. The number of carbonyl (C=O) groups is 1. The van der Waals surface area contributed by atoms with Gasteiger partial charge >= 0.3 is 0 Å². The lowest BCUT2D eigenvalue weighted by atomic mass is 10.2. The summed E-state index contributed by atoms with van der Waals surface area (Å²) in [6.45, 7) is 4.20. The zero-order valence-corrected chi connectivity index (χ0v) is 14.6. The Morgan fingerprint density at radius 2 is 2.24 bits per heavy atom. The molecule has 1 N–H and O–H groups in total. The summed E-state index contributed by atoms with van der Waals surface area (Å²) in [6.07, 6.45) is 5.46. The van der Waals surface area contributed by atoms with Gasteiger partial charge in [0.2, 0.25) is 5.91 Å². The summed E-state index contributed by atoms with van der Waals surface area (Å²) >= 11 is 0. The van der Waals surface area contributed by atoms with Crippen LogP contribution in [0.1, 0.15) is 30.9 Å². The molecule has 25 heavy (non-hydrogen) atoms. The van der Waals surface area contributed by atoms with Crippen molar-refractivity contribution < 1.29 is 14.3 Å². The average Bonchev–Trinajstić information content (AvgIpc) is 3.30. The van der Waals surface area contributed by atoms with Gasteiger partial charge in [0.05, 0.1) is 25.5 Å². The van der Waals surface area contributed by atoms with E-state index in [0.717, 1.165) is 31.6 Å². The van der Waals surface area contributed by atoms with Crippen molar-refractivity contribution in [3.05, 3.63) is 53.9 Å². The van der Waals surface area contributed by atoms with Crippen molar-refractivity contribution in [2.45, 2.75) is 45.1 Å². The highest BCUT2D eigenvalue weighted by atomic mass is 16.5. The average molecular weight is 343 g/mol. The van der Waals surface area contributed by atoms with Gasteiger partial charge in [-0.15, -0.1) is 0 Å². The van der Waals surface area contributed by atoms with E-state index in [1.165, 1.54) is 5.56 Å². The number of benzene rings is 1. The third kappa shape index (κ3) is 5.41. The van der Waals surface area contributed by atoms with E-state index >= 15 is 0 Å². The lowest BCUT2D eigenvalue weighted by Crippen LogP contribution is -2.35. The number of rotatable bonds is 8. The van der Waals surface area contributed by atoms with E-state index in [1.54, 1.807) is 13.1 Å². The van der Waals surface area contributed by atoms with Crippen molar-refractivity contribution in [2.75, 3.05) is 13.2 Å². The zero-order valence-electron chi connectivity index (χ0n) is 14.6. The van der Waals surface area contributed by atoms with Crippen molar-refractivity contribution in [2.24, 2.45) is 0 Å². The summed E-state index contributed by atoms with van der Waals surface area (Å²) in [5.41, 5.74) is 2.16. The van der Waals surface area contributed by atoms with Gasteiger partial charge in [-0.1, -0.05) is 30.3 Å². The molecule has 2 aromatic rings. The van der Waals surface area contributed by atoms with Gasteiger partial charge in [-0.2, -0.15) is 5.10 Å². The molecule has 6 heteroatoms. The first kappa shape index (κ1) is 17.6. The molecule has 1 aliphatic rings. The number of ether oxygens (including phenoxy) is 2. The van der Waals surface area contributed by atoms with E-state index in [2.05, 4.69) is 22.5 Å². The molecule has 2 heterocycles. The highest BCUT2D eigenvalue weighted by Crippen LogP contribution is 2.12. The minimum atomic E-state index is -0.483. The second-order valence-corrected chi connectivity index (χ2v) is 6.36. The van der Waals surface area contributed by atoms with Crippen LogP contribution in [-0.2, 0) is 27.4 Å². The fourth-order valence-electron chi connectivity index (χ4n) is 2.79. The van der Waals surface area contributed by atoms with Gasteiger partial charge in [-0.05, 0) is 25.3 Å². The normalized spacial score (nSPS) is 18.2. The Balaban J connectivity index is 1.41. The number of carbonyl (C=O) groups excluding carboxylic acids is 1.